The Labute approximate surface area is 203 Å². The third-order valence-electron chi connectivity index (χ3n) is 6.72. The molecule has 2 atom stereocenters. The monoisotopic (exact) mass is 458 g/mol. The molecular formula is C30H35FN2O. The number of carbonyl (C=O) groups excluding carboxylic acids is 1. The van der Waals surface area contributed by atoms with Crippen LogP contribution in [0.15, 0.2) is 78.9 Å². The highest BCUT2D eigenvalue weighted by Crippen LogP contribution is 2.34. The molecule has 178 valence electrons. The van der Waals surface area contributed by atoms with E-state index in [-0.39, 0.29) is 17.6 Å². The summed E-state index contributed by atoms with van der Waals surface area (Å²) >= 11 is 0. The Morgan fingerprint density at radius 3 is 2.32 bits per heavy atom. The Kier molecular flexibility index (Phi) is 7.79. The number of likely N-dealkylation sites (tertiary alicyclic amines) is 1. The minimum Gasteiger partial charge on any atom is -0.338 e. The summed E-state index contributed by atoms with van der Waals surface area (Å²) in [6.45, 7) is 10.0. The number of rotatable bonds is 8. The van der Waals surface area contributed by atoms with Crippen LogP contribution < -0.4 is 0 Å². The summed E-state index contributed by atoms with van der Waals surface area (Å²) < 4.78 is 14.4. The maximum absolute atomic E-state index is 14.4. The largest absolute Gasteiger partial charge is 0.338 e. The first-order valence-corrected chi connectivity index (χ1v) is 12.3. The summed E-state index contributed by atoms with van der Waals surface area (Å²) in [6.07, 6.45) is 0. The first-order valence-electron chi connectivity index (χ1n) is 12.3. The number of aryl methyl sites for hydroxylation is 1. The molecule has 0 saturated carbocycles. The lowest BCUT2D eigenvalue weighted by Gasteiger charge is -2.30. The van der Waals surface area contributed by atoms with E-state index in [2.05, 4.69) is 43.0 Å². The Morgan fingerprint density at radius 2 is 1.65 bits per heavy atom. The second kappa shape index (κ2) is 11.0. The van der Waals surface area contributed by atoms with Crippen LogP contribution in [0.3, 0.4) is 0 Å². The summed E-state index contributed by atoms with van der Waals surface area (Å²) in [5.41, 5.74) is 3.90. The van der Waals surface area contributed by atoms with Gasteiger partial charge in [-0.05, 0) is 42.5 Å². The van der Waals surface area contributed by atoms with Gasteiger partial charge in [-0.2, -0.15) is 0 Å². The average molecular weight is 459 g/mol. The molecule has 0 bridgehead atoms. The zero-order chi connectivity index (χ0) is 24.1. The fraction of sp³-hybridized carbons (Fsp3) is 0.367. The van der Waals surface area contributed by atoms with Gasteiger partial charge in [0.1, 0.15) is 5.82 Å². The molecule has 1 fully saturated rings. The van der Waals surface area contributed by atoms with Crippen LogP contribution in [0.4, 0.5) is 4.39 Å². The van der Waals surface area contributed by atoms with E-state index in [4.69, 9.17) is 0 Å². The molecule has 1 amide bonds. The zero-order valence-corrected chi connectivity index (χ0v) is 20.5. The summed E-state index contributed by atoms with van der Waals surface area (Å²) in [6, 6.07) is 25.4. The number of halogens is 1. The highest BCUT2D eigenvalue weighted by atomic mass is 19.1. The standard InChI is InChI=1S/C30H35FN2O/c1-22(2)17-33(30(34)25-15-13-23(3)14-16-25)20-27-19-32(18-26-11-7-8-12-29(26)31)21-28(27)24-9-5-4-6-10-24/h4-16,22,27-28H,17-21H2,1-3H3. The molecule has 1 heterocycles. The van der Waals surface area contributed by atoms with E-state index in [1.54, 1.807) is 6.07 Å². The van der Waals surface area contributed by atoms with Gasteiger partial charge in [-0.15, -0.1) is 0 Å². The normalized spacial score (nSPS) is 18.4. The summed E-state index contributed by atoms with van der Waals surface area (Å²) in [5, 5.41) is 0. The number of amides is 1. The van der Waals surface area contributed by atoms with Gasteiger partial charge in [0.2, 0.25) is 0 Å². The molecule has 0 aromatic heterocycles. The van der Waals surface area contributed by atoms with E-state index in [9.17, 15) is 9.18 Å². The van der Waals surface area contributed by atoms with Crippen molar-refractivity contribution in [3.05, 3.63) is 107 Å². The predicted octanol–water partition coefficient (Wildman–Crippen LogP) is 6.15. The van der Waals surface area contributed by atoms with Crippen molar-refractivity contribution < 1.29 is 9.18 Å². The van der Waals surface area contributed by atoms with Gasteiger partial charge < -0.3 is 4.90 Å². The van der Waals surface area contributed by atoms with E-state index >= 15 is 0 Å². The maximum Gasteiger partial charge on any atom is 0.253 e. The Bertz CT molecular complexity index is 1080. The van der Waals surface area contributed by atoms with Gasteiger partial charge in [-0.1, -0.05) is 80.1 Å². The smallest absolute Gasteiger partial charge is 0.253 e. The van der Waals surface area contributed by atoms with Gasteiger partial charge in [-0.25, -0.2) is 4.39 Å². The fourth-order valence-corrected chi connectivity index (χ4v) is 5.06. The second-order valence-electron chi connectivity index (χ2n) is 10.0. The molecule has 1 aliphatic rings. The van der Waals surface area contributed by atoms with Gasteiger partial charge in [0.05, 0.1) is 0 Å². The molecule has 1 aliphatic heterocycles. The highest BCUT2D eigenvalue weighted by Gasteiger charge is 2.36. The zero-order valence-electron chi connectivity index (χ0n) is 20.5. The van der Waals surface area contributed by atoms with Gasteiger partial charge >= 0.3 is 0 Å². The number of nitrogens with zero attached hydrogens (tertiary/aromatic N) is 2. The van der Waals surface area contributed by atoms with Crippen molar-refractivity contribution in [2.24, 2.45) is 11.8 Å². The molecule has 3 nitrogen and oxygen atoms in total. The number of hydrogen-bond donors (Lipinski definition) is 0. The van der Waals surface area contributed by atoms with E-state index < -0.39 is 0 Å². The molecule has 1 saturated heterocycles. The van der Waals surface area contributed by atoms with Crippen LogP contribution in [-0.2, 0) is 6.54 Å². The summed E-state index contributed by atoms with van der Waals surface area (Å²) in [5.74, 6) is 0.891. The predicted molar refractivity (Wildman–Crippen MR) is 136 cm³/mol. The van der Waals surface area contributed by atoms with E-state index in [0.717, 1.165) is 36.3 Å². The first kappa shape index (κ1) is 24.2. The number of carbonyl (C=O) groups is 1. The number of benzene rings is 3. The van der Waals surface area contributed by atoms with Crippen molar-refractivity contribution in [1.29, 1.82) is 0 Å². The van der Waals surface area contributed by atoms with Gasteiger partial charge in [0.15, 0.2) is 0 Å². The van der Waals surface area contributed by atoms with Crippen molar-refractivity contribution >= 4 is 5.91 Å². The van der Waals surface area contributed by atoms with Crippen molar-refractivity contribution in [1.82, 2.24) is 9.80 Å². The molecule has 34 heavy (non-hydrogen) atoms. The third kappa shape index (κ3) is 5.92. The average Bonchev–Trinajstić information content (AvgIpc) is 3.22. The van der Waals surface area contributed by atoms with Crippen LogP contribution >= 0.6 is 0 Å². The van der Waals surface area contributed by atoms with Crippen LogP contribution in [0.5, 0.6) is 0 Å². The first-order chi connectivity index (χ1) is 16.4. The molecule has 4 heteroatoms. The maximum atomic E-state index is 14.4. The van der Waals surface area contributed by atoms with Gasteiger partial charge in [0.25, 0.3) is 5.91 Å². The van der Waals surface area contributed by atoms with Crippen LogP contribution in [0, 0.1) is 24.6 Å². The fourth-order valence-electron chi connectivity index (χ4n) is 5.06. The van der Waals surface area contributed by atoms with Gasteiger partial charge in [-0.3, -0.25) is 9.69 Å². The number of hydrogen-bond acceptors (Lipinski definition) is 2. The molecule has 4 rings (SSSR count). The Balaban J connectivity index is 1.57. The minimum atomic E-state index is -0.154. The Hall–Kier alpha value is -2.98. The molecule has 0 aliphatic carbocycles. The quantitative estimate of drug-likeness (QED) is 0.404. The van der Waals surface area contributed by atoms with Crippen LogP contribution in [0.2, 0.25) is 0 Å². The topological polar surface area (TPSA) is 23.6 Å². The van der Waals surface area contributed by atoms with E-state index in [1.165, 1.54) is 11.6 Å². The molecule has 0 radical (unpaired) electrons. The van der Waals surface area contributed by atoms with Crippen LogP contribution in [0.1, 0.15) is 46.8 Å². The molecule has 3 aromatic carbocycles. The highest BCUT2D eigenvalue weighted by molar-refractivity contribution is 5.94. The van der Waals surface area contributed by atoms with Crippen molar-refractivity contribution in [3.63, 3.8) is 0 Å². The SMILES string of the molecule is Cc1ccc(C(=O)N(CC(C)C)CC2CN(Cc3ccccc3F)CC2c2ccccc2)cc1. The van der Waals surface area contributed by atoms with E-state index in [0.29, 0.717) is 24.9 Å². The van der Waals surface area contributed by atoms with E-state index in [1.807, 2.05) is 54.3 Å². The molecule has 2 unspecified atom stereocenters. The summed E-state index contributed by atoms with van der Waals surface area (Å²) in [7, 11) is 0. The van der Waals surface area contributed by atoms with Crippen LogP contribution in [0.25, 0.3) is 0 Å². The van der Waals surface area contributed by atoms with Crippen LogP contribution in [-0.4, -0.2) is 41.9 Å². The molecule has 3 aromatic rings. The van der Waals surface area contributed by atoms with Crippen molar-refractivity contribution in [2.75, 3.05) is 26.2 Å². The lowest BCUT2D eigenvalue weighted by atomic mass is 9.88. The lowest BCUT2D eigenvalue weighted by molar-refractivity contribution is 0.0703. The molecule has 0 N–H and O–H groups in total. The summed E-state index contributed by atoms with van der Waals surface area (Å²) in [4.78, 5) is 17.9. The lowest BCUT2D eigenvalue weighted by Crippen LogP contribution is -2.39. The Morgan fingerprint density at radius 1 is 0.971 bits per heavy atom. The van der Waals surface area contributed by atoms with Gasteiger partial charge in [0, 0.05) is 49.8 Å². The second-order valence-corrected chi connectivity index (χ2v) is 10.0. The minimum absolute atomic E-state index is 0.0908. The molecular weight excluding hydrogens is 423 g/mol. The van der Waals surface area contributed by atoms with Crippen molar-refractivity contribution in [2.45, 2.75) is 33.2 Å². The third-order valence-corrected chi connectivity index (χ3v) is 6.72. The van der Waals surface area contributed by atoms with Crippen molar-refractivity contribution in [3.8, 4) is 0 Å². The molecule has 0 spiro atoms.